The number of methoxy groups -OCH3 is 1. The molecule has 2 aromatic carbocycles. The second-order valence-electron chi connectivity index (χ2n) is 10.7. The van der Waals surface area contributed by atoms with Crippen LogP contribution in [0.3, 0.4) is 0 Å². The van der Waals surface area contributed by atoms with Crippen LogP contribution in [0.2, 0.25) is 5.02 Å². The standard InChI is InChI=1S/C30H42ClN3O3.CH4/c1-22-23(2)29(37-17-5-12-32-15-18-36-19-16-32)11-9-26(22)28-7-4-6-25-21-33(13-14-34(25)28)24-8-10-27(31)30(20-24)35-3;/h8-11,20,25,28H,4-7,12-19,21H2,1-3H3;1H4. The van der Waals surface area contributed by atoms with Crippen molar-refractivity contribution in [1.29, 1.82) is 0 Å². The van der Waals surface area contributed by atoms with Crippen LogP contribution in [0.15, 0.2) is 30.3 Å². The van der Waals surface area contributed by atoms with Crippen LogP contribution < -0.4 is 14.4 Å². The third kappa shape index (κ3) is 6.41. The van der Waals surface area contributed by atoms with Crippen LogP contribution in [0.4, 0.5) is 5.69 Å². The molecule has 0 spiro atoms. The van der Waals surface area contributed by atoms with Crippen molar-refractivity contribution in [2.24, 2.45) is 0 Å². The second kappa shape index (κ2) is 13.4. The number of rotatable bonds is 8. The van der Waals surface area contributed by atoms with Gasteiger partial charge in [-0.25, -0.2) is 0 Å². The van der Waals surface area contributed by atoms with Crippen LogP contribution in [-0.2, 0) is 4.74 Å². The first kappa shape index (κ1) is 29.0. The summed E-state index contributed by atoms with van der Waals surface area (Å²) in [6.45, 7) is 13.3. The number of hydrogen-bond acceptors (Lipinski definition) is 6. The number of hydrogen-bond donors (Lipinski definition) is 0. The first-order valence-electron chi connectivity index (χ1n) is 13.9. The summed E-state index contributed by atoms with van der Waals surface area (Å²) in [4.78, 5) is 7.73. The summed E-state index contributed by atoms with van der Waals surface area (Å²) in [5.74, 6) is 1.79. The van der Waals surface area contributed by atoms with E-state index in [1.165, 1.54) is 41.6 Å². The first-order chi connectivity index (χ1) is 18.0. The van der Waals surface area contributed by atoms with Crippen molar-refractivity contribution in [2.45, 2.75) is 59.0 Å². The summed E-state index contributed by atoms with van der Waals surface area (Å²) in [5.41, 5.74) is 5.36. The lowest BCUT2D eigenvalue weighted by Crippen LogP contribution is -2.56. The zero-order valence-corrected chi connectivity index (χ0v) is 23.4. The number of piperazine rings is 1. The molecule has 3 aliphatic heterocycles. The third-order valence-electron chi connectivity index (χ3n) is 8.56. The fourth-order valence-electron chi connectivity index (χ4n) is 6.29. The minimum absolute atomic E-state index is 0. The number of benzene rings is 2. The largest absolute Gasteiger partial charge is 0.495 e. The molecule has 2 atom stereocenters. The molecule has 38 heavy (non-hydrogen) atoms. The third-order valence-corrected chi connectivity index (χ3v) is 8.87. The maximum atomic E-state index is 6.27. The monoisotopic (exact) mass is 543 g/mol. The molecular formula is C31H46ClN3O3. The number of halogens is 1. The predicted molar refractivity (Wildman–Crippen MR) is 157 cm³/mol. The van der Waals surface area contributed by atoms with E-state index in [4.69, 9.17) is 25.8 Å². The van der Waals surface area contributed by atoms with E-state index in [0.29, 0.717) is 17.1 Å². The molecule has 0 saturated carbocycles. The van der Waals surface area contributed by atoms with Gasteiger partial charge in [-0.05, 0) is 74.4 Å². The molecule has 5 rings (SSSR count). The summed E-state index contributed by atoms with van der Waals surface area (Å²) in [6, 6.07) is 11.7. The van der Waals surface area contributed by atoms with Gasteiger partial charge in [0.1, 0.15) is 11.5 Å². The normalized spacial score (nSPS) is 22.5. The van der Waals surface area contributed by atoms with Gasteiger partial charge in [-0.3, -0.25) is 9.80 Å². The highest BCUT2D eigenvalue weighted by Gasteiger charge is 2.36. The molecule has 0 radical (unpaired) electrons. The van der Waals surface area contributed by atoms with Crippen LogP contribution in [0.5, 0.6) is 11.5 Å². The Morgan fingerprint density at radius 3 is 2.58 bits per heavy atom. The van der Waals surface area contributed by atoms with Crippen molar-refractivity contribution in [3.05, 3.63) is 52.0 Å². The van der Waals surface area contributed by atoms with Gasteiger partial charge >= 0.3 is 0 Å². The lowest BCUT2D eigenvalue weighted by atomic mass is 9.86. The molecule has 2 aromatic rings. The van der Waals surface area contributed by atoms with Crippen molar-refractivity contribution in [2.75, 3.05) is 71.1 Å². The van der Waals surface area contributed by atoms with E-state index < -0.39 is 0 Å². The summed E-state index contributed by atoms with van der Waals surface area (Å²) in [5, 5.41) is 0.665. The average Bonchev–Trinajstić information content (AvgIpc) is 2.93. The molecule has 2 unspecified atom stereocenters. The highest BCUT2D eigenvalue weighted by Crippen LogP contribution is 2.40. The summed E-state index contributed by atoms with van der Waals surface area (Å²) in [6.07, 6.45) is 4.79. The number of fused-ring (bicyclic) bond motifs is 1. The Labute approximate surface area is 234 Å². The molecule has 6 nitrogen and oxygen atoms in total. The fourth-order valence-corrected chi connectivity index (χ4v) is 6.49. The zero-order chi connectivity index (χ0) is 25.8. The van der Waals surface area contributed by atoms with Gasteiger partial charge < -0.3 is 19.1 Å². The minimum atomic E-state index is 0. The first-order valence-corrected chi connectivity index (χ1v) is 14.3. The smallest absolute Gasteiger partial charge is 0.139 e. The number of ether oxygens (including phenoxy) is 3. The van der Waals surface area contributed by atoms with E-state index in [1.807, 2.05) is 6.07 Å². The zero-order valence-electron chi connectivity index (χ0n) is 22.7. The quantitative estimate of drug-likeness (QED) is 0.373. The van der Waals surface area contributed by atoms with Gasteiger partial charge in [-0.15, -0.1) is 0 Å². The summed E-state index contributed by atoms with van der Waals surface area (Å²) < 4.78 is 17.2. The Morgan fingerprint density at radius 1 is 0.974 bits per heavy atom. The molecule has 0 aromatic heterocycles. The molecular weight excluding hydrogens is 498 g/mol. The van der Waals surface area contributed by atoms with Crippen LogP contribution in [0.1, 0.15) is 55.8 Å². The van der Waals surface area contributed by atoms with Crippen LogP contribution >= 0.6 is 11.6 Å². The van der Waals surface area contributed by atoms with Gasteiger partial charge in [-0.1, -0.05) is 25.1 Å². The maximum Gasteiger partial charge on any atom is 0.139 e. The Kier molecular flexibility index (Phi) is 10.2. The van der Waals surface area contributed by atoms with Crippen LogP contribution in [0, 0.1) is 13.8 Å². The molecule has 0 bridgehead atoms. The van der Waals surface area contributed by atoms with E-state index in [1.54, 1.807) is 7.11 Å². The molecule has 0 amide bonds. The maximum absolute atomic E-state index is 6.27. The van der Waals surface area contributed by atoms with E-state index in [2.05, 4.69) is 52.8 Å². The molecule has 3 saturated heterocycles. The molecule has 210 valence electrons. The molecule has 7 heteroatoms. The molecule has 3 heterocycles. The number of morpholine rings is 1. The predicted octanol–water partition coefficient (Wildman–Crippen LogP) is 6.12. The Bertz CT molecular complexity index is 1060. The van der Waals surface area contributed by atoms with Gasteiger partial charge in [0.25, 0.3) is 0 Å². The van der Waals surface area contributed by atoms with Gasteiger partial charge in [0.15, 0.2) is 0 Å². The minimum Gasteiger partial charge on any atom is -0.495 e. The number of piperidine rings is 1. The van der Waals surface area contributed by atoms with Crippen molar-refractivity contribution >= 4 is 17.3 Å². The highest BCUT2D eigenvalue weighted by molar-refractivity contribution is 6.32. The van der Waals surface area contributed by atoms with Gasteiger partial charge in [0, 0.05) is 63.1 Å². The van der Waals surface area contributed by atoms with E-state index in [-0.39, 0.29) is 7.43 Å². The number of anilines is 1. The highest BCUT2D eigenvalue weighted by atomic mass is 35.5. The van der Waals surface area contributed by atoms with Crippen molar-refractivity contribution in [3.8, 4) is 11.5 Å². The van der Waals surface area contributed by atoms with Crippen molar-refractivity contribution in [1.82, 2.24) is 9.80 Å². The average molecular weight is 544 g/mol. The van der Waals surface area contributed by atoms with Crippen molar-refractivity contribution < 1.29 is 14.2 Å². The second-order valence-corrected chi connectivity index (χ2v) is 11.1. The van der Waals surface area contributed by atoms with E-state index in [9.17, 15) is 0 Å². The molecule has 0 N–H and O–H groups in total. The number of nitrogens with zero attached hydrogens (tertiary/aromatic N) is 3. The molecule has 0 aliphatic carbocycles. The van der Waals surface area contributed by atoms with Crippen molar-refractivity contribution in [3.63, 3.8) is 0 Å². The summed E-state index contributed by atoms with van der Waals surface area (Å²) >= 11 is 6.27. The van der Waals surface area contributed by atoms with Gasteiger partial charge in [0.05, 0.1) is 32.0 Å². The Hall–Kier alpha value is -1.99. The summed E-state index contributed by atoms with van der Waals surface area (Å²) in [7, 11) is 1.68. The van der Waals surface area contributed by atoms with Crippen LogP contribution in [0.25, 0.3) is 0 Å². The van der Waals surface area contributed by atoms with E-state index in [0.717, 1.165) is 77.0 Å². The fraction of sp³-hybridized carbons (Fsp3) is 0.613. The molecule has 3 fully saturated rings. The molecule has 3 aliphatic rings. The van der Waals surface area contributed by atoms with Gasteiger partial charge in [-0.2, -0.15) is 0 Å². The van der Waals surface area contributed by atoms with Crippen LogP contribution in [-0.4, -0.2) is 82.0 Å². The van der Waals surface area contributed by atoms with E-state index >= 15 is 0 Å². The van der Waals surface area contributed by atoms with Gasteiger partial charge in [0.2, 0.25) is 0 Å². The Balaban J connectivity index is 0.00000336. The topological polar surface area (TPSA) is 37.4 Å². The lowest BCUT2D eigenvalue weighted by Gasteiger charge is -2.49. The Morgan fingerprint density at radius 2 is 1.79 bits per heavy atom. The lowest BCUT2D eigenvalue weighted by molar-refractivity contribution is 0.0358. The SMILES string of the molecule is C.COc1cc(N2CCN3C(CCCC3c3ccc(OCCCN4CCOCC4)c(C)c3C)C2)ccc1Cl.